The second kappa shape index (κ2) is 6.55. The molecular formula is C22H21N5O2. The minimum Gasteiger partial charge on any atom is -0.460 e. The topological polar surface area (TPSA) is 77.1 Å². The molecular weight excluding hydrogens is 366 g/mol. The van der Waals surface area contributed by atoms with Gasteiger partial charge in [0, 0.05) is 37.1 Å². The van der Waals surface area contributed by atoms with Crippen LogP contribution in [0.4, 0.5) is 0 Å². The molecule has 0 saturated carbocycles. The van der Waals surface area contributed by atoms with Crippen LogP contribution in [0.5, 0.6) is 0 Å². The minimum absolute atomic E-state index is 0.0169. The number of benzene rings is 1. The summed E-state index contributed by atoms with van der Waals surface area (Å²) in [7, 11) is 1.92. The Morgan fingerprint density at radius 2 is 1.93 bits per heavy atom. The molecule has 1 unspecified atom stereocenters. The lowest BCUT2D eigenvalue weighted by Crippen LogP contribution is -2.38. The third-order valence-corrected chi connectivity index (χ3v) is 5.59. The highest BCUT2D eigenvalue weighted by molar-refractivity contribution is 5.97. The molecule has 1 aliphatic heterocycles. The molecule has 7 nitrogen and oxygen atoms in total. The lowest BCUT2D eigenvalue weighted by molar-refractivity contribution is 0.0674. The lowest BCUT2D eigenvalue weighted by Gasteiger charge is -2.33. The summed E-state index contributed by atoms with van der Waals surface area (Å²) in [5.41, 5.74) is 5.19. The van der Waals surface area contributed by atoms with Crippen LogP contribution in [0.3, 0.4) is 0 Å². The van der Waals surface area contributed by atoms with E-state index in [9.17, 15) is 4.79 Å². The molecule has 1 amide bonds. The molecule has 0 bridgehead atoms. The summed E-state index contributed by atoms with van der Waals surface area (Å²) >= 11 is 0. The van der Waals surface area contributed by atoms with E-state index < -0.39 is 0 Å². The van der Waals surface area contributed by atoms with Crippen LogP contribution in [0.2, 0.25) is 0 Å². The highest BCUT2D eigenvalue weighted by Crippen LogP contribution is 2.36. The number of hydrogen-bond donors (Lipinski definition) is 0. The number of aromatic nitrogens is 4. The van der Waals surface area contributed by atoms with Crippen LogP contribution in [0.15, 0.2) is 47.1 Å². The molecule has 146 valence electrons. The van der Waals surface area contributed by atoms with Crippen molar-refractivity contribution in [2.75, 3.05) is 6.54 Å². The quantitative estimate of drug-likeness (QED) is 0.524. The first-order valence-corrected chi connectivity index (χ1v) is 9.67. The van der Waals surface area contributed by atoms with Crippen molar-refractivity contribution in [2.24, 2.45) is 7.05 Å². The largest absolute Gasteiger partial charge is 0.460 e. The predicted octanol–water partition coefficient (Wildman–Crippen LogP) is 3.69. The van der Waals surface area contributed by atoms with Gasteiger partial charge in [-0.3, -0.25) is 19.4 Å². The first kappa shape index (κ1) is 17.6. The zero-order chi connectivity index (χ0) is 20.1. The molecule has 29 heavy (non-hydrogen) atoms. The molecule has 0 aliphatic carbocycles. The van der Waals surface area contributed by atoms with Crippen molar-refractivity contribution < 1.29 is 9.21 Å². The fourth-order valence-electron chi connectivity index (χ4n) is 4.15. The van der Waals surface area contributed by atoms with Gasteiger partial charge in [-0.15, -0.1) is 0 Å². The van der Waals surface area contributed by atoms with E-state index in [2.05, 4.69) is 9.97 Å². The van der Waals surface area contributed by atoms with Crippen molar-refractivity contribution in [3.8, 4) is 11.5 Å². The van der Waals surface area contributed by atoms with Crippen LogP contribution in [-0.2, 0) is 13.5 Å². The molecule has 0 saturated heterocycles. The molecule has 1 aliphatic rings. The first-order valence-electron chi connectivity index (χ1n) is 9.67. The van der Waals surface area contributed by atoms with Crippen molar-refractivity contribution in [3.05, 3.63) is 65.3 Å². The van der Waals surface area contributed by atoms with Gasteiger partial charge < -0.3 is 9.32 Å². The van der Waals surface area contributed by atoms with E-state index in [-0.39, 0.29) is 11.9 Å². The maximum absolute atomic E-state index is 13.3. The molecule has 0 spiro atoms. The average molecular weight is 387 g/mol. The smallest absolute Gasteiger partial charge is 0.254 e. The SMILES string of the molecule is Cc1ccc(-c2c3c(nn2C)C(C)N(C(=O)c2ccc4nccnc4c2)CC3)o1. The fraction of sp³-hybridized carbons (Fsp3) is 0.273. The van der Waals surface area contributed by atoms with Gasteiger partial charge in [0.1, 0.15) is 11.5 Å². The van der Waals surface area contributed by atoms with Crippen LogP contribution >= 0.6 is 0 Å². The number of carbonyl (C=O) groups is 1. The molecule has 3 aromatic heterocycles. The van der Waals surface area contributed by atoms with E-state index in [4.69, 9.17) is 9.52 Å². The predicted molar refractivity (Wildman–Crippen MR) is 108 cm³/mol. The number of amides is 1. The van der Waals surface area contributed by atoms with Gasteiger partial charge in [0.05, 0.1) is 22.8 Å². The summed E-state index contributed by atoms with van der Waals surface area (Å²) < 4.78 is 7.70. The van der Waals surface area contributed by atoms with Crippen LogP contribution in [-0.4, -0.2) is 37.1 Å². The summed E-state index contributed by atoms with van der Waals surface area (Å²) in [5, 5.41) is 4.73. The van der Waals surface area contributed by atoms with E-state index in [1.54, 1.807) is 12.4 Å². The third-order valence-electron chi connectivity index (χ3n) is 5.59. The monoisotopic (exact) mass is 387 g/mol. The number of carbonyl (C=O) groups excluding carboxylic acids is 1. The molecule has 4 aromatic rings. The zero-order valence-corrected chi connectivity index (χ0v) is 16.6. The number of hydrogen-bond acceptors (Lipinski definition) is 5. The molecule has 1 aromatic carbocycles. The van der Waals surface area contributed by atoms with E-state index >= 15 is 0 Å². The molecule has 7 heteroatoms. The van der Waals surface area contributed by atoms with E-state index in [1.165, 1.54) is 0 Å². The molecule has 4 heterocycles. The van der Waals surface area contributed by atoms with Gasteiger partial charge in [-0.05, 0) is 50.6 Å². The number of nitrogens with zero attached hydrogens (tertiary/aromatic N) is 5. The van der Waals surface area contributed by atoms with Crippen molar-refractivity contribution in [2.45, 2.75) is 26.3 Å². The average Bonchev–Trinajstić information content (AvgIpc) is 3.30. The zero-order valence-electron chi connectivity index (χ0n) is 16.6. The highest BCUT2D eigenvalue weighted by atomic mass is 16.3. The molecule has 0 radical (unpaired) electrons. The second-order valence-electron chi connectivity index (χ2n) is 7.43. The Morgan fingerprint density at radius 1 is 1.14 bits per heavy atom. The molecule has 5 rings (SSSR count). The number of aryl methyl sites for hydroxylation is 2. The van der Waals surface area contributed by atoms with Gasteiger partial charge in [0.2, 0.25) is 0 Å². The van der Waals surface area contributed by atoms with Crippen molar-refractivity contribution in [3.63, 3.8) is 0 Å². The van der Waals surface area contributed by atoms with Gasteiger partial charge in [0.25, 0.3) is 5.91 Å². The van der Waals surface area contributed by atoms with Gasteiger partial charge in [-0.1, -0.05) is 0 Å². The fourth-order valence-corrected chi connectivity index (χ4v) is 4.15. The first-order chi connectivity index (χ1) is 14.0. The highest BCUT2D eigenvalue weighted by Gasteiger charge is 2.34. The summed E-state index contributed by atoms with van der Waals surface area (Å²) in [5.74, 6) is 1.67. The Hall–Kier alpha value is -3.48. The maximum atomic E-state index is 13.3. The second-order valence-corrected chi connectivity index (χ2v) is 7.43. The minimum atomic E-state index is -0.125. The van der Waals surface area contributed by atoms with Crippen LogP contribution < -0.4 is 0 Å². The van der Waals surface area contributed by atoms with E-state index in [0.717, 1.165) is 45.9 Å². The van der Waals surface area contributed by atoms with E-state index in [0.29, 0.717) is 12.1 Å². The molecule has 1 atom stereocenters. The standard InChI is InChI=1S/C22H21N5O2/c1-13-4-7-19(29-13)21-16-8-11-27(14(2)20(16)25-26(21)3)22(28)15-5-6-17-18(12-15)24-10-9-23-17/h4-7,9-10,12,14H,8,11H2,1-3H3. The normalized spacial score (nSPS) is 16.2. The van der Waals surface area contributed by atoms with Crippen molar-refractivity contribution in [1.82, 2.24) is 24.6 Å². The Labute approximate surface area is 168 Å². The lowest BCUT2D eigenvalue weighted by atomic mass is 9.97. The Bertz CT molecular complexity index is 1240. The number of fused-ring (bicyclic) bond motifs is 2. The third kappa shape index (κ3) is 2.81. The summed E-state index contributed by atoms with van der Waals surface area (Å²) in [6, 6.07) is 9.28. The summed E-state index contributed by atoms with van der Waals surface area (Å²) in [4.78, 5) is 23.7. The van der Waals surface area contributed by atoms with Gasteiger partial charge in [-0.25, -0.2) is 0 Å². The van der Waals surface area contributed by atoms with Crippen LogP contribution in [0, 0.1) is 6.92 Å². The molecule has 0 N–H and O–H groups in total. The van der Waals surface area contributed by atoms with E-state index in [1.807, 2.05) is 60.8 Å². The maximum Gasteiger partial charge on any atom is 0.254 e. The van der Waals surface area contributed by atoms with Crippen LogP contribution in [0.25, 0.3) is 22.5 Å². The summed E-state index contributed by atoms with van der Waals surface area (Å²) in [6.07, 6.45) is 4.02. The molecule has 0 fully saturated rings. The van der Waals surface area contributed by atoms with Crippen molar-refractivity contribution >= 4 is 16.9 Å². The van der Waals surface area contributed by atoms with Crippen LogP contribution in [0.1, 0.15) is 40.3 Å². The van der Waals surface area contributed by atoms with Gasteiger partial charge >= 0.3 is 0 Å². The van der Waals surface area contributed by atoms with Crippen molar-refractivity contribution in [1.29, 1.82) is 0 Å². The van der Waals surface area contributed by atoms with Gasteiger partial charge in [-0.2, -0.15) is 5.10 Å². The Kier molecular flexibility index (Phi) is 3.97. The Balaban J connectivity index is 1.49. The van der Waals surface area contributed by atoms with Gasteiger partial charge in [0.15, 0.2) is 5.76 Å². The number of furan rings is 1. The summed E-state index contributed by atoms with van der Waals surface area (Å²) in [6.45, 7) is 4.59. The Morgan fingerprint density at radius 3 is 2.69 bits per heavy atom. The number of rotatable bonds is 2.